The van der Waals surface area contributed by atoms with Crippen molar-refractivity contribution in [2.24, 2.45) is 0 Å². The summed E-state index contributed by atoms with van der Waals surface area (Å²) in [5.74, 6) is -3.52. The summed E-state index contributed by atoms with van der Waals surface area (Å²) < 4.78 is 77.5. The third-order valence-electron chi connectivity index (χ3n) is 10.9. The molecule has 3 fully saturated rings. The lowest BCUT2D eigenvalue weighted by Gasteiger charge is -2.47. The Morgan fingerprint density at radius 2 is 1.09 bits per heavy atom. The third kappa shape index (κ3) is 9.77. The molecule has 2 atom stereocenters. The Bertz CT molecular complexity index is 1810. The normalized spacial score (nSPS) is 20.2. The fraction of sp³-hybridized carbons (Fsp3) is 0.381. The molecule has 2 unspecified atom stereocenters. The first-order chi connectivity index (χ1) is 26.9. The number of alkyl halides is 3. The van der Waals surface area contributed by atoms with Crippen molar-refractivity contribution in [2.75, 3.05) is 19.9 Å². The minimum atomic E-state index is -5.19. The van der Waals surface area contributed by atoms with Gasteiger partial charge in [0, 0.05) is 38.5 Å². The van der Waals surface area contributed by atoms with Crippen LogP contribution < -0.4 is 5.11 Å². The second-order valence-electron chi connectivity index (χ2n) is 14.2. The number of nitrogens with zero attached hydrogens (tertiary/aromatic N) is 1. The van der Waals surface area contributed by atoms with Crippen molar-refractivity contribution in [3.05, 3.63) is 144 Å². The standard InChI is InChI=1S/C40H45NO7P.C2HF3O2/c42-39(48-38-27-36-23-24-37(28-38)41(36)25-13-14-26-41)40(34-19-9-3-10-20-34,35-21-11-4-12-22-35)44-31-47-49(43,45-29-32-15-5-1-6-16-32)46-30-33-17-7-2-8-18-33;3-2(4,5)1(6)7/h1-12,15-22,36-38H,13-14,23-31H2;(H,6,7)/q+1;/p-1. The van der Waals surface area contributed by atoms with E-state index < -0.39 is 38.3 Å². The van der Waals surface area contributed by atoms with Crippen LogP contribution in [0.2, 0.25) is 0 Å². The molecule has 0 aliphatic carbocycles. The second kappa shape index (κ2) is 18.3. The Hall–Kier alpha value is -4.36. The highest BCUT2D eigenvalue weighted by molar-refractivity contribution is 7.48. The minimum Gasteiger partial charge on any atom is -0.542 e. The molecule has 298 valence electrons. The Labute approximate surface area is 324 Å². The predicted octanol–water partition coefficient (Wildman–Crippen LogP) is 7.61. The largest absolute Gasteiger partial charge is 0.542 e. The first-order valence-electron chi connectivity index (χ1n) is 18.7. The summed E-state index contributed by atoms with van der Waals surface area (Å²) in [5.41, 5.74) is 1.09. The average molecular weight is 796 g/mol. The van der Waals surface area contributed by atoms with Crippen LogP contribution in [-0.2, 0) is 56.0 Å². The molecule has 3 aliphatic heterocycles. The second-order valence-corrected chi connectivity index (χ2v) is 15.9. The van der Waals surface area contributed by atoms with Crippen molar-refractivity contribution in [3.8, 4) is 0 Å². The Kier molecular flexibility index (Phi) is 13.5. The zero-order chi connectivity index (χ0) is 39.7. The first kappa shape index (κ1) is 41.3. The van der Waals surface area contributed by atoms with Gasteiger partial charge >= 0.3 is 20.0 Å². The monoisotopic (exact) mass is 795 g/mol. The van der Waals surface area contributed by atoms with Gasteiger partial charge in [0.25, 0.3) is 0 Å². The molecule has 4 aromatic carbocycles. The van der Waals surface area contributed by atoms with E-state index in [0.717, 1.165) is 24.0 Å². The number of hydrogen-bond donors (Lipinski definition) is 0. The summed E-state index contributed by atoms with van der Waals surface area (Å²) in [4.78, 5) is 23.5. The Balaban J connectivity index is 0.000000695. The first-order valence-corrected chi connectivity index (χ1v) is 20.1. The van der Waals surface area contributed by atoms with Gasteiger partial charge in [0.1, 0.15) is 12.1 Å². The van der Waals surface area contributed by atoms with Crippen LogP contribution in [-0.4, -0.2) is 60.7 Å². The van der Waals surface area contributed by atoms with E-state index in [1.165, 1.54) is 43.3 Å². The molecule has 14 heteroatoms. The molecule has 1 spiro atoms. The number of ether oxygens (including phenoxy) is 2. The smallest absolute Gasteiger partial charge is 0.477 e. The summed E-state index contributed by atoms with van der Waals surface area (Å²) in [6, 6.07) is 38.5. The minimum absolute atomic E-state index is 0.00146. The maximum absolute atomic E-state index is 14.7. The van der Waals surface area contributed by atoms with Crippen LogP contribution in [0.5, 0.6) is 0 Å². The number of piperidine rings is 1. The van der Waals surface area contributed by atoms with Crippen LogP contribution in [0.1, 0.15) is 60.8 Å². The number of phosphoric ester groups is 1. The zero-order valence-corrected chi connectivity index (χ0v) is 31.7. The molecule has 3 saturated heterocycles. The van der Waals surface area contributed by atoms with Crippen LogP contribution in [0.3, 0.4) is 0 Å². The number of phosphoric acid groups is 1. The van der Waals surface area contributed by atoms with E-state index in [2.05, 4.69) is 0 Å². The van der Waals surface area contributed by atoms with Crippen LogP contribution in [0.4, 0.5) is 13.2 Å². The third-order valence-corrected chi connectivity index (χ3v) is 12.2. The molecule has 56 heavy (non-hydrogen) atoms. The Morgan fingerprint density at radius 1 is 0.679 bits per heavy atom. The molecule has 0 radical (unpaired) electrons. The Morgan fingerprint density at radius 3 is 1.50 bits per heavy atom. The molecule has 0 aromatic heterocycles. The number of carbonyl (C=O) groups is 2. The van der Waals surface area contributed by atoms with Crippen molar-refractivity contribution in [1.82, 2.24) is 0 Å². The number of carbonyl (C=O) groups excluding carboxylic acids is 2. The van der Waals surface area contributed by atoms with Crippen LogP contribution in [0.15, 0.2) is 121 Å². The molecular formula is C42H45F3NO9P. The van der Waals surface area contributed by atoms with E-state index in [1.807, 2.05) is 121 Å². The number of rotatable bonds is 14. The lowest BCUT2D eigenvalue weighted by atomic mass is 9.85. The summed E-state index contributed by atoms with van der Waals surface area (Å²) in [7, 11) is -4.19. The molecule has 2 bridgehead atoms. The van der Waals surface area contributed by atoms with Gasteiger partial charge in [0.2, 0.25) is 5.60 Å². The van der Waals surface area contributed by atoms with Gasteiger partial charge < -0.3 is 23.9 Å². The number of aliphatic carboxylic acids is 1. The van der Waals surface area contributed by atoms with Crippen molar-refractivity contribution in [3.63, 3.8) is 0 Å². The highest BCUT2D eigenvalue weighted by Crippen LogP contribution is 2.52. The van der Waals surface area contributed by atoms with Crippen LogP contribution in [0.25, 0.3) is 0 Å². The van der Waals surface area contributed by atoms with Gasteiger partial charge in [0.05, 0.1) is 38.4 Å². The van der Waals surface area contributed by atoms with Crippen molar-refractivity contribution >= 4 is 19.8 Å². The number of carboxylic acid groups (broad SMARTS) is 1. The van der Waals surface area contributed by atoms with Crippen LogP contribution in [0, 0.1) is 0 Å². The van der Waals surface area contributed by atoms with Crippen LogP contribution >= 0.6 is 7.82 Å². The lowest BCUT2D eigenvalue weighted by Crippen LogP contribution is -2.60. The molecule has 0 N–H and O–H groups in total. The summed E-state index contributed by atoms with van der Waals surface area (Å²) in [6.45, 7) is 1.93. The molecule has 10 nitrogen and oxygen atoms in total. The van der Waals surface area contributed by atoms with E-state index >= 15 is 0 Å². The lowest BCUT2D eigenvalue weighted by molar-refractivity contribution is -0.956. The van der Waals surface area contributed by atoms with Gasteiger partial charge in [-0.2, -0.15) is 13.2 Å². The molecular weight excluding hydrogens is 750 g/mol. The maximum atomic E-state index is 14.7. The fourth-order valence-electron chi connectivity index (χ4n) is 8.26. The molecule has 3 heterocycles. The van der Waals surface area contributed by atoms with Gasteiger partial charge in [-0.05, 0) is 22.3 Å². The molecule has 7 rings (SSSR count). The van der Waals surface area contributed by atoms with Crippen molar-refractivity contribution in [2.45, 2.75) is 81.7 Å². The molecule has 0 amide bonds. The van der Waals surface area contributed by atoms with E-state index in [0.29, 0.717) is 23.2 Å². The maximum Gasteiger partial charge on any atom is 0.477 e. The summed E-state index contributed by atoms with van der Waals surface area (Å²) >= 11 is 0. The number of quaternary nitrogens is 1. The molecule has 4 aromatic rings. The van der Waals surface area contributed by atoms with E-state index in [4.69, 9.17) is 32.9 Å². The number of halogens is 3. The number of esters is 1. The summed E-state index contributed by atoms with van der Waals surface area (Å²) in [5, 5.41) is 8.78. The molecule has 0 saturated carbocycles. The zero-order valence-electron chi connectivity index (χ0n) is 30.8. The van der Waals surface area contributed by atoms with E-state index in [1.54, 1.807) is 0 Å². The van der Waals surface area contributed by atoms with Gasteiger partial charge in [-0.3, -0.25) is 13.6 Å². The quantitative estimate of drug-likeness (QED) is 0.0550. The van der Waals surface area contributed by atoms with Gasteiger partial charge in [0.15, 0.2) is 6.79 Å². The van der Waals surface area contributed by atoms with E-state index in [9.17, 15) is 22.5 Å². The van der Waals surface area contributed by atoms with Gasteiger partial charge in [-0.15, -0.1) is 0 Å². The van der Waals surface area contributed by atoms with Gasteiger partial charge in [-0.25, -0.2) is 9.36 Å². The predicted molar refractivity (Wildman–Crippen MR) is 197 cm³/mol. The number of benzene rings is 4. The van der Waals surface area contributed by atoms with Crippen molar-refractivity contribution in [1.29, 1.82) is 0 Å². The number of hydrogen-bond acceptors (Lipinski definition) is 9. The molecule has 3 aliphatic rings. The highest BCUT2D eigenvalue weighted by atomic mass is 31.2. The summed E-state index contributed by atoms with van der Waals surface area (Å²) in [6.07, 6.45) is 1.25. The topological polar surface area (TPSA) is 120 Å². The number of carboxylic acids is 1. The van der Waals surface area contributed by atoms with Gasteiger partial charge in [-0.1, -0.05) is 121 Å². The SMILES string of the molecule is O=C(OC1CC2CCC(C1)[N+]21CCCC1)C(OCOP(=O)(OCc1ccccc1)OCc1ccccc1)(c1ccccc1)c1ccccc1.O=C([O-])C(F)(F)F. The highest BCUT2D eigenvalue weighted by Gasteiger charge is 2.57. The average Bonchev–Trinajstić information content (AvgIpc) is 3.76. The van der Waals surface area contributed by atoms with Crippen molar-refractivity contribution < 1.29 is 60.0 Å². The van der Waals surface area contributed by atoms with E-state index in [-0.39, 0.29) is 19.3 Å². The fourth-order valence-corrected chi connectivity index (χ4v) is 9.28.